The summed E-state index contributed by atoms with van der Waals surface area (Å²) in [6.45, 7) is 1.80. The van der Waals surface area contributed by atoms with Gasteiger partial charge >= 0.3 is 0 Å². The number of halogens is 1. The number of guanidine groups is 1. The monoisotopic (exact) mass is 282 g/mol. The van der Waals surface area contributed by atoms with Crippen LogP contribution in [-0.4, -0.2) is 23.8 Å². The summed E-state index contributed by atoms with van der Waals surface area (Å²) in [5.74, 6) is 0.0460. The molecule has 1 aliphatic rings. The molecule has 0 fully saturated rings. The van der Waals surface area contributed by atoms with E-state index in [2.05, 4.69) is 4.99 Å². The maximum Gasteiger partial charge on any atom is 0.231 e. The lowest BCUT2D eigenvalue weighted by molar-refractivity contribution is -0.128. The van der Waals surface area contributed by atoms with Crippen LogP contribution in [0.1, 0.15) is 23.8 Å². The number of amides is 1. The Morgan fingerprint density at radius 1 is 1.72 bits per heavy atom. The first kappa shape index (κ1) is 12.9. The van der Waals surface area contributed by atoms with Crippen molar-refractivity contribution in [1.82, 2.24) is 4.90 Å². The smallest absolute Gasteiger partial charge is 0.231 e. The zero-order chi connectivity index (χ0) is 13.5. The Balaban J connectivity index is 2.53. The minimum Gasteiger partial charge on any atom is -0.369 e. The van der Waals surface area contributed by atoms with E-state index in [1.165, 1.54) is 16.2 Å². The highest BCUT2D eigenvalue weighted by atomic mass is 35.5. The quantitative estimate of drug-likeness (QED) is 0.850. The van der Waals surface area contributed by atoms with Gasteiger partial charge in [-0.2, -0.15) is 5.26 Å². The molecule has 18 heavy (non-hydrogen) atoms. The number of nitrogens with two attached hydrogens (primary N) is 1. The Kier molecular flexibility index (Phi) is 3.05. The van der Waals surface area contributed by atoms with E-state index in [9.17, 15) is 4.79 Å². The molecule has 1 aliphatic heterocycles. The highest BCUT2D eigenvalue weighted by Gasteiger charge is 2.39. The lowest BCUT2D eigenvalue weighted by Gasteiger charge is -2.32. The van der Waals surface area contributed by atoms with Crippen molar-refractivity contribution in [3.63, 3.8) is 0 Å². The highest BCUT2D eigenvalue weighted by Crippen LogP contribution is 2.42. The van der Waals surface area contributed by atoms with Crippen LogP contribution in [-0.2, 0) is 10.3 Å². The van der Waals surface area contributed by atoms with Crippen molar-refractivity contribution < 1.29 is 4.79 Å². The first-order chi connectivity index (χ1) is 8.39. The van der Waals surface area contributed by atoms with Gasteiger partial charge in [0.2, 0.25) is 5.91 Å². The third-order valence-corrected chi connectivity index (χ3v) is 4.65. The van der Waals surface area contributed by atoms with Crippen LogP contribution in [0.3, 0.4) is 0 Å². The molecular weight excluding hydrogens is 272 g/mol. The van der Waals surface area contributed by atoms with E-state index in [0.717, 1.165) is 0 Å². The minimum absolute atomic E-state index is 0.118. The summed E-state index contributed by atoms with van der Waals surface area (Å²) >= 11 is 7.46. The summed E-state index contributed by atoms with van der Waals surface area (Å²) in [4.78, 5) is 18.2. The van der Waals surface area contributed by atoms with Gasteiger partial charge in [0.05, 0.1) is 21.9 Å². The summed E-state index contributed by atoms with van der Waals surface area (Å²) in [6, 6.07) is 2.01. The van der Waals surface area contributed by atoms with Crippen LogP contribution < -0.4 is 5.73 Å². The van der Waals surface area contributed by atoms with Gasteiger partial charge in [0.15, 0.2) is 5.96 Å². The summed E-state index contributed by atoms with van der Waals surface area (Å²) in [5, 5.41) is 10.9. The molecule has 0 aliphatic carbocycles. The fraction of sp³-hybridized carbons (Fsp3) is 0.364. The molecule has 0 saturated carbocycles. The average Bonchev–Trinajstić information content (AvgIpc) is 2.68. The van der Waals surface area contributed by atoms with Gasteiger partial charge in [-0.05, 0) is 6.92 Å². The second-order valence-corrected chi connectivity index (χ2v) is 5.54. The van der Waals surface area contributed by atoms with Crippen LogP contribution in [0.5, 0.6) is 0 Å². The second kappa shape index (κ2) is 4.26. The molecule has 0 saturated heterocycles. The van der Waals surface area contributed by atoms with Crippen molar-refractivity contribution in [2.45, 2.75) is 18.9 Å². The Morgan fingerprint density at radius 3 is 2.89 bits per heavy atom. The number of hydrogen-bond donors (Lipinski definition) is 1. The van der Waals surface area contributed by atoms with E-state index < -0.39 is 5.54 Å². The van der Waals surface area contributed by atoms with Crippen molar-refractivity contribution in [3.8, 4) is 6.07 Å². The zero-order valence-corrected chi connectivity index (χ0v) is 11.5. The maximum atomic E-state index is 11.8. The van der Waals surface area contributed by atoms with Crippen LogP contribution >= 0.6 is 22.9 Å². The van der Waals surface area contributed by atoms with Crippen LogP contribution in [0, 0.1) is 11.3 Å². The molecule has 1 aromatic rings. The third-order valence-electron chi connectivity index (χ3n) is 2.91. The first-order valence-electron chi connectivity index (χ1n) is 5.18. The van der Waals surface area contributed by atoms with Gasteiger partial charge in [0.25, 0.3) is 0 Å². The summed E-state index contributed by atoms with van der Waals surface area (Å²) in [7, 11) is 1.58. The summed E-state index contributed by atoms with van der Waals surface area (Å²) < 4.78 is 0. The summed E-state index contributed by atoms with van der Waals surface area (Å²) in [5.41, 5.74) is 5.34. The normalized spacial score (nSPS) is 23.8. The van der Waals surface area contributed by atoms with Gasteiger partial charge in [0.1, 0.15) is 11.6 Å². The van der Waals surface area contributed by atoms with Crippen LogP contribution in [0.25, 0.3) is 0 Å². The molecule has 2 N–H and O–H groups in total. The largest absolute Gasteiger partial charge is 0.369 e. The molecule has 0 aromatic carbocycles. The SMILES string of the molecule is CN1C(=O)C[C@@](C)(c2scc(C#N)c2Cl)N=C1N. The van der Waals surface area contributed by atoms with E-state index in [1.807, 2.05) is 6.07 Å². The predicted octanol–water partition coefficient (Wildman–Crippen LogP) is 1.67. The second-order valence-electron chi connectivity index (χ2n) is 4.28. The van der Waals surface area contributed by atoms with Crippen LogP contribution in [0.2, 0.25) is 5.02 Å². The molecule has 1 amide bonds. The molecule has 0 bridgehead atoms. The number of hydrogen-bond acceptors (Lipinski definition) is 5. The van der Waals surface area contributed by atoms with Gasteiger partial charge in [0, 0.05) is 12.4 Å². The van der Waals surface area contributed by atoms with Crippen molar-refractivity contribution in [3.05, 3.63) is 20.8 Å². The molecular formula is C11H11ClN4OS. The topological polar surface area (TPSA) is 82.5 Å². The van der Waals surface area contributed by atoms with Crippen molar-refractivity contribution >= 4 is 34.8 Å². The van der Waals surface area contributed by atoms with Gasteiger partial charge < -0.3 is 5.73 Å². The number of thiophene rings is 1. The number of rotatable bonds is 1. The lowest BCUT2D eigenvalue weighted by Crippen LogP contribution is -2.47. The van der Waals surface area contributed by atoms with Crippen molar-refractivity contribution in [2.24, 2.45) is 10.7 Å². The van der Waals surface area contributed by atoms with E-state index in [4.69, 9.17) is 22.6 Å². The molecule has 0 radical (unpaired) electrons. The van der Waals surface area contributed by atoms with E-state index in [0.29, 0.717) is 15.5 Å². The Morgan fingerprint density at radius 2 is 2.39 bits per heavy atom. The number of nitriles is 1. The maximum absolute atomic E-state index is 11.8. The third kappa shape index (κ3) is 1.85. The van der Waals surface area contributed by atoms with Gasteiger partial charge in [-0.3, -0.25) is 9.69 Å². The molecule has 2 rings (SSSR count). The number of nitrogens with zero attached hydrogens (tertiary/aromatic N) is 3. The molecule has 94 valence electrons. The van der Waals surface area contributed by atoms with Gasteiger partial charge in [-0.25, -0.2) is 4.99 Å². The molecule has 7 heteroatoms. The first-order valence-corrected chi connectivity index (χ1v) is 6.44. The fourth-order valence-corrected chi connectivity index (χ4v) is 3.31. The Bertz CT molecular complexity index is 588. The Hall–Kier alpha value is -1.58. The van der Waals surface area contributed by atoms with Crippen molar-refractivity contribution in [1.29, 1.82) is 5.26 Å². The van der Waals surface area contributed by atoms with E-state index in [-0.39, 0.29) is 18.3 Å². The van der Waals surface area contributed by atoms with Gasteiger partial charge in [-0.1, -0.05) is 11.6 Å². The summed E-state index contributed by atoms with van der Waals surface area (Å²) in [6.07, 6.45) is 0.190. The molecule has 0 unspecified atom stereocenters. The van der Waals surface area contributed by atoms with Crippen LogP contribution in [0.15, 0.2) is 10.4 Å². The Labute approximate surface area is 113 Å². The lowest BCUT2D eigenvalue weighted by atomic mass is 9.94. The molecule has 2 heterocycles. The molecule has 0 spiro atoms. The number of carbonyl (C=O) groups excluding carboxylic acids is 1. The highest BCUT2D eigenvalue weighted by molar-refractivity contribution is 7.11. The minimum atomic E-state index is -0.787. The zero-order valence-electron chi connectivity index (χ0n) is 9.90. The fourth-order valence-electron chi connectivity index (χ4n) is 1.82. The molecule has 5 nitrogen and oxygen atoms in total. The van der Waals surface area contributed by atoms with E-state index >= 15 is 0 Å². The van der Waals surface area contributed by atoms with Gasteiger partial charge in [-0.15, -0.1) is 11.3 Å². The standard InChI is InChI=1S/C11H11ClN4OS/c1-11(3-7(17)16(2)10(14)15-11)9-8(12)6(4-13)5-18-9/h5H,3H2,1-2H3,(H2,14,15)/t11-/m0/s1. The number of aliphatic imine (C=N–C) groups is 1. The van der Waals surface area contributed by atoms with Crippen molar-refractivity contribution in [2.75, 3.05) is 7.05 Å². The molecule has 1 atom stereocenters. The van der Waals surface area contributed by atoms with E-state index in [1.54, 1.807) is 19.4 Å². The average molecular weight is 283 g/mol. The number of carbonyl (C=O) groups is 1. The predicted molar refractivity (Wildman–Crippen MR) is 70.4 cm³/mol. The van der Waals surface area contributed by atoms with Crippen LogP contribution in [0.4, 0.5) is 0 Å². The molecule has 1 aromatic heterocycles.